The average Bonchev–Trinajstić information content (AvgIpc) is 2.93. The first-order valence-corrected chi connectivity index (χ1v) is 7.45. The Morgan fingerprint density at radius 2 is 1.87 bits per heavy atom. The number of nitriles is 1. The zero-order valence-electron chi connectivity index (χ0n) is 13.9. The van der Waals surface area contributed by atoms with Crippen molar-refractivity contribution in [3.05, 3.63) is 23.8 Å². The second-order valence-corrected chi connectivity index (χ2v) is 6.75. The van der Waals surface area contributed by atoms with Gasteiger partial charge in [-0.25, -0.2) is 4.68 Å². The molecule has 1 aliphatic heterocycles. The minimum atomic E-state index is -0.656. The standard InChI is InChI=1S/C16H18BN3O3/c1-10(21)20-13-8-11(9-18)6-7-12(13)14(19-20)17-22-15(2,3)16(4,5)23-17/h6-8H,1-5H3. The Hall–Kier alpha value is -2.17. The number of rotatable bonds is 1. The molecule has 0 unspecified atom stereocenters. The molecule has 0 N–H and O–H groups in total. The van der Waals surface area contributed by atoms with E-state index < -0.39 is 18.3 Å². The summed E-state index contributed by atoms with van der Waals surface area (Å²) in [6.07, 6.45) is 0. The number of hydrogen-bond acceptors (Lipinski definition) is 5. The molecule has 6 nitrogen and oxygen atoms in total. The van der Waals surface area contributed by atoms with Crippen LogP contribution in [0.15, 0.2) is 18.2 Å². The van der Waals surface area contributed by atoms with Crippen LogP contribution >= 0.6 is 0 Å². The summed E-state index contributed by atoms with van der Waals surface area (Å²) < 4.78 is 13.4. The van der Waals surface area contributed by atoms with Crippen molar-refractivity contribution < 1.29 is 14.1 Å². The quantitative estimate of drug-likeness (QED) is 0.751. The molecule has 1 aromatic carbocycles. The Labute approximate surface area is 135 Å². The van der Waals surface area contributed by atoms with E-state index in [9.17, 15) is 4.79 Å². The molecule has 2 aromatic rings. The van der Waals surface area contributed by atoms with Gasteiger partial charge in [0.1, 0.15) is 5.59 Å². The zero-order valence-corrected chi connectivity index (χ0v) is 13.9. The molecular weight excluding hydrogens is 293 g/mol. The van der Waals surface area contributed by atoms with Gasteiger partial charge in [0.25, 0.3) is 0 Å². The van der Waals surface area contributed by atoms with E-state index in [0.717, 1.165) is 5.39 Å². The zero-order chi connectivity index (χ0) is 17.0. The predicted molar refractivity (Wildman–Crippen MR) is 86.5 cm³/mol. The van der Waals surface area contributed by atoms with Gasteiger partial charge >= 0.3 is 7.12 Å². The van der Waals surface area contributed by atoms with Crippen LogP contribution in [0.25, 0.3) is 10.9 Å². The number of hydrogen-bond donors (Lipinski definition) is 0. The van der Waals surface area contributed by atoms with Crippen LogP contribution in [0.1, 0.15) is 45.0 Å². The fraction of sp³-hybridized carbons (Fsp3) is 0.438. The highest BCUT2D eigenvalue weighted by molar-refractivity contribution is 6.64. The van der Waals surface area contributed by atoms with E-state index in [4.69, 9.17) is 14.6 Å². The lowest BCUT2D eigenvalue weighted by Gasteiger charge is -2.32. The van der Waals surface area contributed by atoms with Gasteiger partial charge in [-0.05, 0) is 39.8 Å². The monoisotopic (exact) mass is 311 g/mol. The van der Waals surface area contributed by atoms with Crippen LogP contribution in [0.2, 0.25) is 0 Å². The molecule has 0 aliphatic carbocycles. The molecule has 1 aromatic heterocycles. The smallest absolute Gasteiger partial charge is 0.398 e. The molecule has 118 valence electrons. The second kappa shape index (κ2) is 4.92. The Kier molecular flexibility index (Phi) is 3.36. The number of benzene rings is 1. The topological polar surface area (TPSA) is 77.1 Å². The fourth-order valence-electron chi connectivity index (χ4n) is 2.58. The SMILES string of the molecule is CC(=O)n1nc(B2OC(C)(C)C(C)(C)O2)c2ccc(C#N)cc21. The van der Waals surface area contributed by atoms with Gasteiger partial charge in [0.15, 0.2) is 0 Å². The Bertz CT molecular complexity index is 832. The highest BCUT2D eigenvalue weighted by atomic mass is 16.7. The highest BCUT2D eigenvalue weighted by Gasteiger charge is 2.53. The summed E-state index contributed by atoms with van der Waals surface area (Å²) in [6.45, 7) is 9.28. The normalized spacial score (nSPS) is 19.0. The first-order chi connectivity index (χ1) is 10.7. The van der Waals surface area contributed by atoms with Crippen molar-refractivity contribution in [1.29, 1.82) is 5.26 Å². The first-order valence-electron chi connectivity index (χ1n) is 7.45. The van der Waals surface area contributed by atoms with Crippen molar-refractivity contribution in [2.24, 2.45) is 0 Å². The van der Waals surface area contributed by atoms with Crippen molar-refractivity contribution in [1.82, 2.24) is 9.78 Å². The van der Waals surface area contributed by atoms with Gasteiger partial charge in [-0.2, -0.15) is 10.4 Å². The molecule has 23 heavy (non-hydrogen) atoms. The summed E-state index contributed by atoms with van der Waals surface area (Å²) in [7, 11) is -0.656. The molecule has 2 heterocycles. The largest absolute Gasteiger partial charge is 0.517 e. The summed E-state index contributed by atoms with van der Waals surface area (Å²) in [6, 6.07) is 7.20. The van der Waals surface area contributed by atoms with Crippen LogP contribution in [0.5, 0.6) is 0 Å². The molecule has 0 saturated carbocycles. The van der Waals surface area contributed by atoms with Gasteiger partial charge in [0.05, 0.1) is 28.4 Å². The second-order valence-electron chi connectivity index (χ2n) is 6.75. The molecule has 7 heteroatoms. The Morgan fingerprint density at radius 3 is 2.39 bits per heavy atom. The van der Waals surface area contributed by atoms with E-state index in [1.54, 1.807) is 18.2 Å². The third-order valence-electron chi connectivity index (χ3n) is 4.61. The molecule has 1 saturated heterocycles. The molecule has 0 spiro atoms. The third kappa shape index (κ3) is 2.35. The summed E-state index contributed by atoms with van der Waals surface area (Å²) in [5.74, 6) is -0.229. The lowest BCUT2D eigenvalue weighted by Crippen LogP contribution is -2.41. The van der Waals surface area contributed by atoms with Gasteiger partial charge in [0.2, 0.25) is 5.91 Å². The van der Waals surface area contributed by atoms with Crippen LogP contribution < -0.4 is 5.59 Å². The van der Waals surface area contributed by atoms with Crippen LogP contribution in [-0.2, 0) is 9.31 Å². The highest BCUT2D eigenvalue weighted by Crippen LogP contribution is 2.36. The lowest BCUT2D eigenvalue weighted by atomic mass is 9.82. The van der Waals surface area contributed by atoms with Crippen molar-refractivity contribution in [3.8, 4) is 6.07 Å². The van der Waals surface area contributed by atoms with Gasteiger partial charge < -0.3 is 9.31 Å². The van der Waals surface area contributed by atoms with Crippen LogP contribution in [0.4, 0.5) is 0 Å². The predicted octanol–water partition coefficient (Wildman–Crippen LogP) is 1.87. The summed E-state index contributed by atoms with van der Waals surface area (Å²) in [5.41, 5.74) is 0.632. The molecule has 0 amide bonds. The van der Waals surface area contributed by atoms with E-state index >= 15 is 0 Å². The number of carbonyl (C=O) groups excluding carboxylic acids is 1. The molecule has 0 radical (unpaired) electrons. The Morgan fingerprint density at radius 1 is 1.26 bits per heavy atom. The van der Waals surface area contributed by atoms with Gasteiger partial charge in [-0.1, -0.05) is 6.07 Å². The lowest BCUT2D eigenvalue weighted by molar-refractivity contribution is 0.00578. The van der Waals surface area contributed by atoms with Crippen molar-refractivity contribution in [2.75, 3.05) is 0 Å². The summed E-state index contributed by atoms with van der Waals surface area (Å²) in [5, 5.41) is 14.2. The average molecular weight is 311 g/mol. The van der Waals surface area contributed by atoms with Crippen molar-refractivity contribution in [3.63, 3.8) is 0 Å². The van der Waals surface area contributed by atoms with Crippen molar-refractivity contribution >= 4 is 29.5 Å². The maximum atomic E-state index is 11.9. The molecule has 3 rings (SSSR count). The first kappa shape index (κ1) is 15.7. The van der Waals surface area contributed by atoms with Crippen LogP contribution in [0.3, 0.4) is 0 Å². The van der Waals surface area contributed by atoms with Gasteiger partial charge in [0, 0.05) is 12.3 Å². The number of carbonyl (C=O) groups is 1. The number of aromatic nitrogens is 2. The molecule has 1 aliphatic rings. The minimum absolute atomic E-state index is 0.229. The van der Waals surface area contributed by atoms with Crippen LogP contribution in [-0.4, -0.2) is 34.0 Å². The molecule has 0 atom stereocenters. The van der Waals surface area contributed by atoms with Crippen LogP contribution in [0, 0.1) is 11.3 Å². The van der Waals surface area contributed by atoms with Gasteiger partial charge in [-0.3, -0.25) is 4.79 Å². The minimum Gasteiger partial charge on any atom is -0.398 e. The number of fused-ring (bicyclic) bond motifs is 1. The summed E-state index contributed by atoms with van der Waals surface area (Å²) in [4.78, 5) is 11.9. The van der Waals surface area contributed by atoms with E-state index in [2.05, 4.69) is 11.2 Å². The molecule has 1 fully saturated rings. The maximum Gasteiger partial charge on any atom is 0.517 e. The van der Waals surface area contributed by atoms with E-state index in [-0.39, 0.29) is 5.91 Å². The molecular formula is C16H18BN3O3. The van der Waals surface area contributed by atoms with Crippen molar-refractivity contribution in [2.45, 2.75) is 45.8 Å². The van der Waals surface area contributed by atoms with E-state index in [1.807, 2.05) is 27.7 Å². The maximum absolute atomic E-state index is 11.9. The van der Waals surface area contributed by atoms with E-state index in [0.29, 0.717) is 16.7 Å². The van der Waals surface area contributed by atoms with E-state index in [1.165, 1.54) is 11.6 Å². The summed E-state index contributed by atoms with van der Waals surface area (Å²) >= 11 is 0. The van der Waals surface area contributed by atoms with Gasteiger partial charge in [-0.15, -0.1) is 0 Å². The fourth-order valence-corrected chi connectivity index (χ4v) is 2.58. The third-order valence-corrected chi connectivity index (χ3v) is 4.61. The number of nitrogens with zero attached hydrogens (tertiary/aromatic N) is 3. The molecule has 0 bridgehead atoms. The Balaban J connectivity index is 2.17.